The van der Waals surface area contributed by atoms with Gasteiger partial charge in [-0.25, -0.2) is 4.98 Å². The van der Waals surface area contributed by atoms with Crippen LogP contribution >= 0.6 is 0 Å². The van der Waals surface area contributed by atoms with E-state index in [-0.39, 0.29) is 0 Å². The summed E-state index contributed by atoms with van der Waals surface area (Å²) < 4.78 is 38.2. The van der Waals surface area contributed by atoms with Crippen molar-refractivity contribution in [1.82, 2.24) is 15.0 Å². The Morgan fingerprint density at radius 3 is 2.32 bits per heavy atom. The Morgan fingerprint density at radius 1 is 0.821 bits per heavy atom. The van der Waals surface area contributed by atoms with Crippen LogP contribution in [0.2, 0.25) is 0 Å². The SMILES string of the molecule is Nc1ccnc2ccc(-c3nccnc3Nc3ccc(C(F)(F)F)cc3)cc12. The first-order chi connectivity index (χ1) is 13.4. The second-order valence-corrected chi connectivity index (χ2v) is 6.09. The molecule has 5 nitrogen and oxygen atoms in total. The van der Waals surface area contributed by atoms with Gasteiger partial charge in [0, 0.05) is 40.9 Å². The molecule has 0 bridgehead atoms. The molecular formula is C20H14F3N5. The summed E-state index contributed by atoms with van der Waals surface area (Å²) in [7, 11) is 0. The fraction of sp³-hybridized carbons (Fsp3) is 0.0500. The van der Waals surface area contributed by atoms with Crippen molar-refractivity contribution < 1.29 is 13.2 Å². The Morgan fingerprint density at radius 2 is 1.57 bits per heavy atom. The van der Waals surface area contributed by atoms with Crippen LogP contribution in [0.3, 0.4) is 0 Å². The lowest BCUT2D eigenvalue weighted by molar-refractivity contribution is -0.137. The number of halogens is 3. The minimum absolute atomic E-state index is 0.420. The van der Waals surface area contributed by atoms with E-state index in [1.165, 1.54) is 18.3 Å². The number of fused-ring (bicyclic) bond motifs is 1. The van der Waals surface area contributed by atoms with E-state index in [2.05, 4.69) is 20.3 Å². The Labute approximate surface area is 158 Å². The van der Waals surface area contributed by atoms with Gasteiger partial charge in [0.25, 0.3) is 0 Å². The van der Waals surface area contributed by atoms with Crippen LogP contribution in [0.25, 0.3) is 22.2 Å². The van der Waals surface area contributed by atoms with Gasteiger partial charge < -0.3 is 11.1 Å². The third-order valence-electron chi connectivity index (χ3n) is 4.22. The highest BCUT2D eigenvalue weighted by Gasteiger charge is 2.30. The van der Waals surface area contributed by atoms with Gasteiger partial charge in [0.15, 0.2) is 5.82 Å². The van der Waals surface area contributed by atoms with Gasteiger partial charge in [0.2, 0.25) is 0 Å². The van der Waals surface area contributed by atoms with E-state index >= 15 is 0 Å². The molecule has 3 N–H and O–H groups in total. The molecule has 0 atom stereocenters. The summed E-state index contributed by atoms with van der Waals surface area (Å²) in [6.07, 6.45) is 0.309. The first kappa shape index (κ1) is 17.7. The molecule has 0 amide bonds. The summed E-state index contributed by atoms with van der Waals surface area (Å²) >= 11 is 0. The highest BCUT2D eigenvalue weighted by molar-refractivity contribution is 5.94. The third-order valence-corrected chi connectivity index (χ3v) is 4.22. The van der Waals surface area contributed by atoms with E-state index in [4.69, 9.17) is 5.73 Å². The quantitative estimate of drug-likeness (QED) is 0.520. The van der Waals surface area contributed by atoms with E-state index in [0.29, 0.717) is 22.9 Å². The first-order valence-electron chi connectivity index (χ1n) is 8.32. The van der Waals surface area contributed by atoms with Gasteiger partial charge in [0.05, 0.1) is 11.1 Å². The largest absolute Gasteiger partial charge is 0.416 e. The number of rotatable bonds is 3. The average Bonchev–Trinajstić information content (AvgIpc) is 2.68. The van der Waals surface area contributed by atoms with Gasteiger partial charge in [-0.15, -0.1) is 0 Å². The molecule has 0 aliphatic carbocycles. The third kappa shape index (κ3) is 3.44. The van der Waals surface area contributed by atoms with Crippen molar-refractivity contribution in [2.24, 2.45) is 0 Å². The van der Waals surface area contributed by atoms with Crippen molar-refractivity contribution in [2.45, 2.75) is 6.18 Å². The maximum absolute atomic E-state index is 12.7. The Kier molecular flexibility index (Phi) is 4.31. The minimum Gasteiger partial charge on any atom is -0.398 e. The number of nitrogens with two attached hydrogens (primary N) is 1. The molecule has 0 unspecified atom stereocenters. The summed E-state index contributed by atoms with van der Waals surface area (Å²) in [5.74, 6) is 0.420. The highest BCUT2D eigenvalue weighted by atomic mass is 19.4. The molecule has 0 aliphatic rings. The molecule has 0 saturated heterocycles. The van der Waals surface area contributed by atoms with Crippen LogP contribution in [-0.2, 0) is 6.18 Å². The van der Waals surface area contributed by atoms with E-state index in [1.54, 1.807) is 18.5 Å². The Hall–Kier alpha value is -3.68. The molecule has 4 aromatic rings. The van der Waals surface area contributed by atoms with Crippen LogP contribution in [0.15, 0.2) is 67.1 Å². The van der Waals surface area contributed by atoms with Gasteiger partial charge in [-0.2, -0.15) is 13.2 Å². The fourth-order valence-corrected chi connectivity index (χ4v) is 2.83. The number of alkyl halides is 3. The van der Waals surface area contributed by atoms with Crippen molar-refractivity contribution in [3.05, 3.63) is 72.7 Å². The maximum atomic E-state index is 12.7. The zero-order valence-electron chi connectivity index (χ0n) is 14.4. The number of hydrogen-bond donors (Lipinski definition) is 2. The van der Waals surface area contributed by atoms with Crippen molar-refractivity contribution in [1.29, 1.82) is 0 Å². The molecule has 0 aliphatic heterocycles. The van der Waals surface area contributed by atoms with Gasteiger partial charge in [-0.05, 0) is 42.5 Å². The van der Waals surface area contributed by atoms with Crippen molar-refractivity contribution >= 4 is 28.1 Å². The smallest absolute Gasteiger partial charge is 0.398 e. The molecule has 0 fully saturated rings. The van der Waals surface area contributed by atoms with Crippen LogP contribution in [0, 0.1) is 0 Å². The van der Waals surface area contributed by atoms with Crippen LogP contribution in [0.5, 0.6) is 0 Å². The van der Waals surface area contributed by atoms with Gasteiger partial charge in [0.1, 0.15) is 5.69 Å². The lowest BCUT2D eigenvalue weighted by atomic mass is 10.1. The second-order valence-electron chi connectivity index (χ2n) is 6.09. The molecule has 2 aromatic heterocycles. The van der Waals surface area contributed by atoms with Gasteiger partial charge >= 0.3 is 6.18 Å². The summed E-state index contributed by atoms with van der Waals surface area (Å²) in [6, 6.07) is 12.0. The van der Waals surface area contributed by atoms with Gasteiger partial charge in [-0.1, -0.05) is 6.07 Å². The molecule has 4 rings (SSSR count). The second kappa shape index (κ2) is 6.80. The molecule has 2 aromatic carbocycles. The number of nitrogens with zero attached hydrogens (tertiary/aromatic N) is 3. The van der Waals surface area contributed by atoms with Crippen LogP contribution in [0.1, 0.15) is 5.56 Å². The summed E-state index contributed by atoms with van der Waals surface area (Å²) in [5, 5.41) is 3.81. The fourth-order valence-electron chi connectivity index (χ4n) is 2.83. The van der Waals surface area contributed by atoms with Gasteiger partial charge in [-0.3, -0.25) is 9.97 Å². The summed E-state index contributed by atoms with van der Waals surface area (Å²) in [5.41, 5.74) is 8.44. The number of nitrogens with one attached hydrogen (secondary N) is 1. The number of benzene rings is 2. The predicted molar refractivity (Wildman–Crippen MR) is 102 cm³/mol. The maximum Gasteiger partial charge on any atom is 0.416 e. The molecule has 0 spiro atoms. The molecule has 8 heteroatoms. The Balaban J connectivity index is 1.71. The normalized spacial score (nSPS) is 11.5. The standard InChI is InChI=1S/C20H14F3N5/c21-20(22,23)13-2-4-14(5-3-13)28-19-18(26-9-10-27-19)12-1-6-17-15(11-12)16(24)7-8-25-17/h1-11H,(H2,24,25)(H,27,28). The van der Waals surface area contributed by atoms with E-state index < -0.39 is 11.7 Å². The Bertz CT molecular complexity index is 1140. The van der Waals surface area contributed by atoms with Crippen molar-refractivity contribution in [3.8, 4) is 11.3 Å². The first-order valence-corrected chi connectivity index (χ1v) is 8.32. The van der Waals surface area contributed by atoms with Crippen LogP contribution in [-0.4, -0.2) is 15.0 Å². The summed E-state index contributed by atoms with van der Waals surface area (Å²) in [6.45, 7) is 0. The molecule has 2 heterocycles. The topological polar surface area (TPSA) is 76.7 Å². The molecule has 28 heavy (non-hydrogen) atoms. The number of anilines is 3. The summed E-state index contributed by atoms with van der Waals surface area (Å²) in [4.78, 5) is 12.9. The molecule has 0 radical (unpaired) electrons. The van der Waals surface area contributed by atoms with Crippen molar-refractivity contribution in [2.75, 3.05) is 11.1 Å². The minimum atomic E-state index is -4.38. The predicted octanol–water partition coefficient (Wildman–Crippen LogP) is 5.04. The molecular weight excluding hydrogens is 367 g/mol. The van der Waals surface area contributed by atoms with Crippen LogP contribution in [0.4, 0.5) is 30.4 Å². The van der Waals surface area contributed by atoms with E-state index in [9.17, 15) is 13.2 Å². The lowest BCUT2D eigenvalue weighted by Gasteiger charge is -2.12. The number of pyridine rings is 1. The monoisotopic (exact) mass is 381 g/mol. The van der Waals surface area contributed by atoms with Crippen molar-refractivity contribution in [3.63, 3.8) is 0 Å². The number of hydrogen-bond acceptors (Lipinski definition) is 5. The van der Waals surface area contributed by atoms with E-state index in [1.807, 2.05) is 18.2 Å². The average molecular weight is 381 g/mol. The molecule has 0 saturated carbocycles. The molecule has 140 valence electrons. The zero-order chi connectivity index (χ0) is 19.7. The highest BCUT2D eigenvalue weighted by Crippen LogP contribution is 2.32. The number of aromatic nitrogens is 3. The number of nitrogen functional groups attached to an aromatic ring is 1. The zero-order valence-corrected chi connectivity index (χ0v) is 14.4. The van der Waals surface area contributed by atoms with E-state index in [0.717, 1.165) is 28.6 Å². The lowest BCUT2D eigenvalue weighted by Crippen LogP contribution is -2.05. The van der Waals surface area contributed by atoms with Crippen LogP contribution < -0.4 is 11.1 Å².